The van der Waals surface area contributed by atoms with E-state index in [1.165, 1.54) is 13.0 Å². The van der Waals surface area contributed by atoms with E-state index in [1.807, 2.05) is 23.5 Å². The third kappa shape index (κ3) is 6.49. The minimum Gasteiger partial charge on any atom is -0.345 e. The van der Waals surface area contributed by atoms with Crippen LogP contribution >= 0.6 is 0 Å². The van der Waals surface area contributed by atoms with E-state index in [-0.39, 0.29) is 0 Å². The Morgan fingerprint density at radius 1 is 1.00 bits per heavy atom. The summed E-state index contributed by atoms with van der Waals surface area (Å²) >= 11 is 0. The van der Waals surface area contributed by atoms with Crippen LogP contribution in [0.4, 0.5) is 18.9 Å². The van der Waals surface area contributed by atoms with Gasteiger partial charge in [0.15, 0.2) is 17.5 Å². The predicted octanol–water partition coefficient (Wildman–Crippen LogP) is 2.38. The Morgan fingerprint density at radius 2 is 1.69 bits per heavy atom. The first-order chi connectivity index (χ1) is 13.8. The smallest absolute Gasteiger partial charge is 0.244 e. The number of benzene rings is 2. The first-order valence-corrected chi connectivity index (χ1v) is 8.52. The van der Waals surface area contributed by atoms with Crippen molar-refractivity contribution in [2.45, 2.75) is 13.0 Å². The largest absolute Gasteiger partial charge is 0.345 e. The highest BCUT2D eigenvalue weighted by Crippen LogP contribution is 2.19. The summed E-state index contributed by atoms with van der Waals surface area (Å²) in [6, 6.07) is 9.62. The molecule has 3 N–H and O–H groups in total. The third-order valence-electron chi connectivity index (χ3n) is 3.71. The molecule has 0 aliphatic heterocycles. The van der Waals surface area contributed by atoms with Crippen LogP contribution in [0.3, 0.4) is 0 Å². The number of anilines is 1. The number of rotatable bonds is 7. The maximum atomic E-state index is 13.5. The van der Waals surface area contributed by atoms with E-state index in [1.54, 1.807) is 18.2 Å². The van der Waals surface area contributed by atoms with Crippen LogP contribution < -0.4 is 16.0 Å². The van der Waals surface area contributed by atoms with Crippen LogP contribution in [0.5, 0.6) is 0 Å². The molecule has 1 atom stereocenters. The van der Waals surface area contributed by atoms with Gasteiger partial charge in [-0.3, -0.25) is 14.4 Å². The molecule has 29 heavy (non-hydrogen) atoms. The molecule has 0 spiro atoms. The summed E-state index contributed by atoms with van der Waals surface area (Å²) in [7, 11) is 0. The molecule has 0 aromatic heterocycles. The summed E-state index contributed by atoms with van der Waals surface area (Å²) in [5, 5.41) is 6.69. The molecule has 6 nitrogen and oxygen atoms in total. The highest BCUT2D eigenvalue weighted by Gasteiger charge is 2.17. The maximum Gasteiger partial charge on any atom is 0.244 e. The molecule has 0 aliphatic rings. The monoisotopic (exact) mass is 405 g/mol. The summed E-state index contributed by atoms with van der Waals surface area (Å²) in [6.07, 6.45) is 2.83. The zero-order valence-corrected chi connectivity index (χ0v) is 15.3. The Kier molecular flexibility index (Phi) is 7.53. The van der Waals surface area contributed by atoms with E-state index in [0.717, 1.165) is 11.6 Å². The van der Waals surface area contributed by atoms with Gasteiger partial charge < -0.3 is 16.0 Å². The zero-order chi connectivity index (χ0) is 21.4. The van der Waals surface area contributed by atoms with E-state index >= 15 is 0 Å². The highest BCUT2D eigenvalue weighted by molar-refractivity contribution is 5.97. The van der Waals surface area contributed by atoms with Gasteiger partial charge in [0.1, 0.15) is 6.04 Å². The van der Waals surface area contributed by atoms with Gasteiger partial charge in [0, 0.05) is 6.08 Å². The average Bonchev–Trinajstić information content (AvgIpc) is 2.71. The fraction of sp³-hybridized carbons (Fsp3) is 0.150. The molecule has 3 amide bonds. The third-order valence-corrected chi connectivity index (χ3v) is 3.71. The Labute approximate surface area is 164 Å². The van der Waals surface area contributed by atoms with Gasteiger partial charge in [0.05, 0.1) is 12.2 Å². The number of amides is 3. The van der Waals surface area contributed by atoms with Crippen molar-refractivity contribution >= 4 is 29.5 Å². The lowest BCUT2D eigenvalue weighted by Crippen LogP contribution is -2.46. The number of carbonyl (C=O) groups excluding carboxylic acids is 3. The number of nitrogens with one attached hydrogen (secondary N) is 3. The van der Waals surface area contributed by atoms with Gasteiger partial charge >= 0.3 is 0 Å². The van der Waals surface area contributed by atoms with E-state index in [2.05, 4.69) is 10.6 Å². The van der Waals surface area contributed by atoms with Crippen molar-refractivity contribution in [1.29, 1.82) is 0 Å². The Morgan fingerprint density at radius 3 is 2.38 bits per heavy atom. The average molecular weight is 405 g/mol. The molecule has 0 aliphatic carbocycles. The van der Waals surface area contributed by atoms with Gasteiger partial charge in [-0.1, -0.05) is 30.3 Å². The first kappa shape index (κ1) is 21.7. The number of halogens is 3. The molecule has 0 heterocycles. The molecule has 1 unspecified atom stereocenters. The van der Waals surface area contributed by atoms with Gasteiger partial charge in [0.25, 0.3) is 0 Å². The molecule has 0 fully saturated rings. The predicted molar refractivity (Wildman–Crippen MR) is 101 cm³/mol. The SMILES string of the molecule is CC(NC(=O)C=Cc1ccccc1)C(=O)NCC(=O)Nc1ccc(F)c(F)c1F. The van der Waals surface area contributed by atoms with Crippen molar-refractivity contribution < 1.29 is 27.6 Å². The molecule has 0 saturated heterocycles. The molecule has 152 valence electrons. The Hall–Kier alpha value is -3.62. The standard InChI is InChI=1S/C20H18F3N3O3/c1-12(25-16(27)10-7-13-5-3-2-4-6-13)20(29)24-11-17(28)26-15-9-8-14(21)18(22)19(15)23/h2-10,12H,11H2,1H3,(H,24,29)(H,25,27)(H,26,28). The van der Waals surface area contributed by atoms with E-state index in [4.69, 9.17) is 0 Å². The second kappa shape index (κ2) is 10.1. The van der Waals surface area contributed by atoms with Crippen LogP contribution in [-0.4, -0.2) is 30.3 Å². The van der Waals surface area contributed by atoms with Crippen molar-refractivity contribution in [3.63, 3.8) is 0 Å². The summed E-state index contributed by atoms with van der Waals surface area (Å²) < 4.78 is 39.5. The summed E-state index contributed by atoms with van der Waals surface area (Å²) in [5.41, 5.74) is 0.247. The van der Waals surface area contributed by atoms with Crippen LogP contribution in [0, 0.1) is 17.5 Å². The minimum atomic E-state index is -1.72. The molecule has 2 aromatic rings. The molecular weight excluding hydrogens is 387 g/mol. The van der Waals surface area contributed by atoms with Crippen LogP contribution in [0.2, 0.25) is 0 Å². The van der Waals surface area contributed by atoms with Crippen LogP contribution in [0.25, 0.3) is 6.08 Å². The Balaban J connectivity index is 1.80. The van der Waals surface area contributed by atoms with Crippen molar-refractivity contribution in [3.8, 4) is 0 Å². The fourth-order valence-corrected chi connectivity index (χ4v) is 2.20. The molecule has 2 aromatic carbocycles. The number of hydrogen-bond acceptors (Lipinski definition) is 3. The zero-order valence-electron chi connectivity index (χ0n) is 15.3. The van der Waals surface area contributed by atoms with Gasteiger partial charge in [-0.25, -0.2) is 13.2 Å². The summed E-state index contributed by atoms with van der Waals surface area (Å²) in [6.45, 7) is 0.855. The minimum absolute atomic E-state index is 0.509. The van der Waals surface area contributed by atoms with Crippen LogP contribution in [0.15, 0.2) is 48.5 Å². The van der Waals surface area contributed by atoms with E-state index in [0.29, 0.717) is 6.07 Å². The van der Waals surface area contributed by atoms with Gasteiger partial charge in [0.2, 0.25) is 17.7 Å². The van der Waals surface area contributed by atoms with E-state index < -0.39 is 53.4 Å². The van der Waals surface area contributed by atoms with Crippen molar-refractivity contribution in [1.82, 2.24) is 10.6 Å². The Bertz CT molecular complexity index is 933. The van der Waals surface area contributed by atoms with Crippen LogP contribution in [0.1, 0.15) is 12.5 Å². The number of hydrogen-bond donors (Lipinski definition) is 3. The molecule has 0 radical (unpaired) electrons. The second-order valence-corrected chi connectivity index (χ2v) is 5.96. The maximum absolute atomic E-state index is 13.5. The molecule has 0 bridgehead atoms. The molecule has 0 saturated carbocycles. The lowest BCUT2D eigenvalue weighted by Gasteiger charge is -2.13. The summed E-state index contributed by atoms with van der Waals surface area (Å²) in [5.74, 6) is -6.68. The highest BCUT2D eigenvalue weighted by atomic mass is 19.2. The fourth-order valence-electron chi connectivity index (χ4n) is 2.20. The van der Waals surface area contributed by atoms with Crippen LogP contribution in [-0.2, 0) is 14.4 Å². The van der Waals surface area contributed by atoms with Gasteiger partial charge in [-0.2, -0.15) is 0 Å². The molecule has 2 rings (SSSR count). The van der Waals surface area contributed by atoms with Gasteiger partial charge in [-0.05, 0) is 30.7 Å². The van der Waals surface area contributed by atoms with E-state index in [9.17, 15) is 27.6 Å². The molecule has 9 heteroatoms. The van der Waals surface area contributed by atoms with Crippen molar-refractivity contribution in [2.24, 2.45) is 0 Å². The normalized spacial score (nSPS) is 11.7. The summed E-state index contributed by atoms with van der Waals surface area (Å²) in [4.78, 5) is 35.6. The second-order valence-electron chi connectivity index (χ2n) is 5.96. The lowest BCUT2D eigenvalue weighted by atomic mass is 10.2. The quantitative estimate of drug-likeness (QED) is 0.488. The molecular formula is C20H18F3N3O3. The number of carbonyl (C=O) groups is 3. The van der Waals surface area contributed by atoms with Crippen molar-refractivity contribution in [2.75, 3.05) is 11.9 Å². The lowest BCUT2D eigenvalue weighted by molar-refractivity contribution is -0.127. The van der Waals surface area contributed by atoms with Gasteiger partial charge in [-0.15, -0.1) is 0 Å². The topological polar surface area (TPSA) is 87.3 Å². The van der Waals surface area contributed by atoms with Crippen molar-refractivity contribution in [3.05, 3.63) is 71.6 Å². The first-order valence-electron chi connectivity index (χ1n) is 8.52.